The summed E-state index contributed by atoms with van der Waals surface area (Å²) < 4.78 is 31.6. The third-order valence-corrected chi connectivity index (χ3v) is 1.22. The van der Waals surface area contributed by atoms with Crippen molar-refractivity contribution >= 4 is 34.9 Å². The van der Waals surface area contributed by atoms with Gasteiger partial charge in [0.2, 0.25) is 5.91 Å². The van der Waals surface area contributed by atoms with Gasteiger partial charge in [0.1, 0.15) is 6.04 Å². The van der Waals surface area contributed by atoms with Crippen LogP contribution in [0.2, 0.25) is 0 Å². The van der Waals surface area contributed by atoms with Crippen LogP contribution in [-0.2, 0) is 20.0 Å². The molecule has 0 aromatic carbocycles. The summed E-state index contributed by atoms with van der Waals surface area (Å²) >= 11 is 3.73. The molecule has 0 aliphatic carbocycles. The normalized spacial score (nSPS) is 12.0. The minimum atomic E-state index is -4.67. The summed E-state index contributed by atoms with van der Waals surface area (Å²) in [6, 6.07) is -0.874. The number of carbonyl (C=O) groups is 2. The molecule has 0 aliphatic heterocycles. The maximum absolute atomic E-state index is 10.3. The zero-order valence-electron chi connectivity index (χ0n) is 7.61. The van der Waals surface area contributed by atoms with Crippen molar-refractivity contribution < 1.29 is 32.2 Å². The van der Waals surface area contributed by atoms with Crippen LogP contribution in [0.5, 0.6) is 0 Å². The van der Waals surface area contributed by atoms with Crippen molar-refractivity contribution in [2.24, 2.45) is 0 Å². The maximum Gasteiger partial charge on any atom is 0.394 e. The van der Waals surface area contributed by atoms with Crippen molar-refractivity contribution in [3.8, 4) is 0 Å². The fourth-order valence-corrected chi connectivity index (χ4v) is 0.678. The van der Waals surface area contributed by atoms with Crippen molar-refractivity contribution in [1.29, 1.82) is 0 Å². The van der Waals surface area contributed by atoms with E-state index in [-0.39, 0.29) is 11.7 Å². The number of aliphatic carboxylic acids is 1. The number of amides is 1. The fourth-order valence-electron chi connectivity index (χ4n) is 0.431. The molecule has 0 aromatic rings. The van der Waals surface area contributed by atoms with E-state index in [0.717, 1.165) is 0 Å². The number of carboxylic acid groups (broad SMARTS) is 1. The summed E-state index contributed by atoms with van der Waals surface area (Å²) in [5.74, 6) is -1.32. The van der Waals surface area contributed by atoms with Gasteiger partial charge >= 0.3 is 16.4 Å². The monoisotopic (exact) mass is 261 g/mol. The van der Waals surface area contributed by atoms with Crippen LogP contribution >= 0.6 is 12.6 Å². The molecule has 0 saturated carbocycles. The van der Waals surface area contributed by atoms with Gasteiger partial charge in [-0.15, -0.1) is 0 Å². The highest BCUT2D eigenvalue weighted by atomic mass is 32.3. The average molecular weight is 261 g/mol. The van der Waals surface area contributed by atoms with E-state index in [4.69, 9.17) is 22.6 Å². The molecule has 0 fully saturated rings. The summed E-state index contributed by atoms with van der Waals surface area (Å²) in [4.78, 5) is 20.5. The Morgan fingerprint density at radius 3 is 1.80 bits per heavy atom. The number of carbonyl (C=O) groups excluding carboxylic acids is 1. The molecular formula is C5H11NO7S2. The average Bonchev–Trinajstić information content (AvgIpc) is 1.95. The number of hydrogen-bond donors (Lipinski definition) is 5. The largest absolute Gasteiger partial charge is 0.480 e. The summed E-state index contributed by atoms with van der Waals surface area (Å²) in [6.07, 6.45) is 0. The highest BCUT2D eigenvalue weighted by molar-refractivity contribution is 7.80. The number of carboxylic acids is 1. The smallest absolute Gasteiger partial charge is 0.394 e. The highest BCUT2D eigenvalue weighted by Crippen LogP contribution is 1.86. The summed E-state index contributed by atoms with van der Waals surface area (Å²) in [5.41, 5.74) is 0. The molecule has 0 rings (SSSR count). The molecule has 0 radical (unpaired) electrons. The second-order valence-electron chi connectivity index (χ2n) is 2.22. The molecular weight excluding hydrogens is 250 g/mol. The van der Waals surface area contributed by atoms with Gasteiger partial charge in [-0.2, -0.15) is 21.0 Å². The molecule has 0 aliphatic rings. The lowest BCUT2D eigenvalue weighted by atomic mass is 10.3. The molecule has 0 unspecified atom stereocenters. The van der Waals surface area contributed by atoms with Gasteiger partial charge in [-0.3, -0.25) is 13.9 Å². The first-order chi connectivity index (χ1) is 6.57. The van der Waals surface area contributed by atoms with E-state index in [2.05, 4.69) is 17.9 Å². The van der Waals surface area contributed by atoms with Gasteiger partial charge in [-0.1, -0.05) is 0 Å². The Kier molecular flexibility index (Phi) is 8.24. The van der Waals surface area contributed by atoms with Crippen LogP contribution in [0, 0.1) is 0 Å². The fraction of sp³-hybridized carbons (Fsp3) is 0.600. The van der Waals surface area contributed by atoms with Crippen molar-refractivity contribution in [2.45, 2.75) is 13.0 Å². The zero-order valence-corrected chi connectivity index (χ0v) is 9.33. The topological polar surface area (TPSA) is 141 Å². The first-order valence-electron chi connectivity index (χ1n) is 3.38. The lowest BCUT2D eigenvalue weighted by Gasteiger charge is -2.08. The quantitative estimate of drug-likeness (QED) is 0.319. The maximum atomic E-state index is 10.3. The Labute approximate surface area is 91.7 Å². The zero-order chi connectivity index (χ0) is 12.6. The van der Waals surface area contributed by atoms with Crippen molar-refractivity contribution in [3.63, 3.8) is 0 Å². The minimum absolute atomic E-state index is 0.106. The van der Waals surface area contributed by atoms with E-state index in [9.17, 15) is 9.59 Å². The predicted molar refractivity (Wildman–Crippen MR) is 53.3 cm³/mol. The predicted octanol–water partition coefficient (Wildman–Crippen LogP) is -1.15. The molecule has 8 nitrogen and oxygen atoms in total. The molecule has 4 N–H and O–H groups in total. The molecule has 1 atom stereocenters. The van der Waals surface area contributed by atoms with Gasteiger partial charge in [0.15, 0.2) is 0 Å². The van der Waals surface area contributed by atoms with E-state index in [1.807, 2.05) is 0 Å². The highest BCUT2D eigenvalue weighted by Gasteiger charge is 2.15. The third kappa shape index (κ3) is 19.5. The summed E-state index contributed by atoms with van der Waals surface area (Å²) in [6.45, 7) is 1.26. The van der Waals surface area contributed by atoms with Gasteiger partial charge in [0.05, 0.1) is 0 Å². The molecule has 0 aromatic heterocycles. The van der Waals surface area contributed by atoms with Gasteiger partial charge in [0.25, 0.3) is 0 Å². The number of nitrogens with one attached hydrogen (secondary N) is 1. The van der Waals surface area contributed by atoms with E-state index in [0.29, 0.717) is 0 Å². The first-order valence-corrected chi connectivity index (χ1v) is 5.41. The van der Waals surface area contributed by atoms with Crippen LogP contribution in [0.15, 0.2) is 0 Å². The SMILES string of the molecule is CC(=O)N[C@@H](CS)C(=O)O.O=S(=O)(O)O. The van der Waals surface area contributed by atoms with Crippen LogP contribution in [-0.4, -0.2) is 46.3 Å². The standard InChI is InChI=1S/C5H9NO3S.H2O4S/c1-3(7)6-4(2-10)5(8)9;1-5(2,3)4/h4,10H,2H2,1H3,(H,6,7)(H,8,9);(H2,1,2,3,4)/t4-;/m0./s1. The molecule has 1 amide bonds. The van der Waals surface area contributed by atoms with Crippen LogP contribution in [0.4, 0.5) is 0 Å². The summed E-state index contributed by atoms with van der Waals surface area (Å²) in [7, 11) is -4.67. The minimum Gasteiger partial charge on any atom is -0.480 e. The second kappa shape index (κ2) is 7.45. The molecule has 0 bridgehead atoms. The van der Waals surface area contributed by atoms with Gasteiger partial charge in [-0.05, 0) is 0 Å². The Balaban J connectivity index is 0. The van der Waals surface area contributed by atoms with Crippen LogP contribution in [0.25, 0.3) is 0 Å². The van der Waals surface area contributed by atoms with Gasteiger partial charge in [-0.25, -0.2) is 4.79 Å². The molecule has 0 spiro atoms. The van der Waals surface area contributed by atoms with Crippen LogP contribution in [0.3, 0.4) is 0 Å². The van der Waals surface area contributed by atoms with Crippen LogP contribution in [0.1, 0.15) is 6.92 Å². The van der Waals surface area contributed by atoms with E-state index in [1.165, 1.54) is 6.92 Å². The van der Waals surface area contributed by atoms with Gasteiger partial charge in [0, 0.05) is 12.7 Å². The Hall–Kier alpha value is -0.840. The molecule has 10 heteroatoms. The van der Waals surface area contributed by atoms with Crippen molar-refractivity contribution in [2.75, 3.05) is 5.75 Å². The lowest BCUT2D eigenvalue weighted by Crippen LogP contribution is -2.40. The second-order valence-corrected chi connectivity index (χ2v) is 3.48. The van der Waals surface area contributed by atoms with Gasteiger partial charge < -0.3 is 10.4 Å². The molecule has 90 valence electrons. The molecule has 0 saturated heterocycles. The number of thiol groups is 1. The Morgan fingerprint density at radius 1 is 1.40 bits per heavy atom. The van der Waals surface area contributed by atoms with E-state index < -0.39 is 22.4 Å². The van der Waals surface area contributed by atoms with E-state index >= 15 is 0 Å². The van der Waals surface area contributed by atoms with Crippen molar-refractivity contribution in [1.82, 2.24) is 5.32 Å². The Morgan fingerprint density at radius 2 is 1.73 bits per heavy atom. The Bertz CT molecular complexity index is 303. The summed E-state index contributed by atoms with van der Waals surface area (Å²) in [5, 5.41) is 10.6. The number of hydrogen-bond acceptors (Lipinski definition) is 5. The van der Waals surface area contributed by atoms with Crippen LogP contribution < -0.4 is 5.32 Å². The molecule has 0 heterocycles. The van der Waals surface area contributed by atoms with Crippen molar-refractivity contribution in [3.05, 3.63) is 0 Å². The number of rotatable bonds is 3. The molecule has 15 heavy (non-hydrogen) atoms. The lowest BCUT2D eigenvalue weighted by molar-refractivity contribution is -0.140. The first kappa shape index (κ1) is 16.6. The third-order valence-electron chi connectivity index (χ3n) is 0.858. The van der Waals surface area contributed by atoms with E-state index in [1.54, 1.807) is 0 Å².